The van der Waals surface area contributed by atoms with Crippen LogP contribution in [0.15, 0.2) is 83.1 Å². The van der Waals surface area contributed by atoms with E-state index in [0.29, 0.717) is 15.4 Å². The van der Waals surface area contributed by atoms with E-state index < -0.39 is 16.9 Å². The maximum atomic E-state index is 12.7. The predicted octanol–water partition coefficient (Wildman–Crippen LogP) is 3.91. The fourth-order valence-electron chi connectivity index (χ4n) is 1.97. The fraction of sp³-hybridized carbons (Fsp3) is 0.111. The first-order valence-corrected chi connectivity index (χ1v) is 7.82. The lowest BCUT2D eigenvalue weighted by molar-refractivity contribution is 0.224. The van der Waals surface area contributed by atoms with Gasteiger partial charge in [0.25, 0.3) is 0 Å². The second-order valence-electron chi connectivity index (χ2n) is 4.70. The summed E-state index contributed by atoms with van der Waals surface area (Å²) in [5.74, 6) is 0. The monoisotopic (exact) mass is 298 g/mol. The molecular formula is C18H18O2S. The Labute approximate surface area is 127 Å². The van der Waals surface area contributed by atoms with E-state index in [1.807, 2.05) is 61.5 Å². The van der Waals surface area contributed by atoms with Crippen LogP contribution >= 0.6 is 0 Å². The number of aliphatic hydroxyl groups is 1. The van der Waals surface area contributed by atoms with Crippen molar-refractivity contribution in [1.29, 1.82) is 0 Å². The number of allylic oxidation sites excluding steroid dienone is 2. The van der Waals surface area contributed by atoms with Crippen molar-refractivity contribution in [3.63, 3.8) is 0 Å². The van der Waals surface area contributed by atoms with Crippen LogP contribution in [0, 0.1) is 6.92 Å². The molecule has 2 atom stereocenters. The van der Waals surface area contributed by atoms with Crippen LogP contribution < -0.4 is 0 Å². The Balaban J connectivity index is 2.35. The summed E-state index contributed by atoms with van der Waals surface area (Å²) in [4.78, 5) is 1.10. The smallest absolute Gasteiger partial charge is 0.113 e. The van der Waals surface area contributed by atoms with Gasteiger partial charge in [-0.1, -0.05) is 60.7 Å². The van der Waals surface area contributed by atoms with Gasteiger partial charge in [0.15, 0.2) is 0 Å². The first-order chi connectivity index (χ1) is 10.1. The second-order valence-corrected chi connectivity index (χ2v) is 6.18. The van der Waals surface area contributed by atoms with Gasteiger partial charge in [-0.15, -0.1) is 0 Å². The van der Waals surface area contributed by atoms with Crippen molar-refractivity contribution in [3.05, 3.63) is 89.4 Å². The zero-order chi connectivity index (χ0) is 15.2. The molecular weight excluding hydrogens is 280 g/mol. The maximum absolute atomic E-state index is 12.7. The van der Waals surface area contributed by atoms with E-state index in [1.165, 1.54) is 0 Å². The molecule has 1 unspecified atom stereocenters. The average Bonchev–Trinajstić information content (AvgIpc) is 2.53. The predicted molar refractivity (Wildman–Crippen MR) is 87.3 cm³/mol. The number of aliphatic hydroxyl groups excluding tert-OH is 1. The van der Waals surface area contributed by atoms with E-state index in [0.717, 1.165) is 5.56 Å². The van der Waals surface area contributed by atoms with Crippen LogP contribution in [-0.2, 0) is 10.8 Å². The van der Waals surface area contributed by atoms with Gasteiger partial charge in [0.1, 0.15) is 6.10 Å². The average molecular weight is 298 g/mol. The summed E-state index contributed by atoms with van der Waals surface area (Å²) in [5.41, 5.74) is 1.82. The third-order valence-electron chi connectivity index (χ3n) is 3.12. The van der Waals surface area contributed by atoms with Crippen molar-refractivity contribution in [2.75, 3.05) is 0 Å². The van der Waals surface area contributed by atoms with Crippen LogP contribution in [0.4, 0.5) is 0 Å². The van der Waals surface area contributed by atoms with Gasteiger partial charge in [-0.3, -0.25) is 0 Å². The molecule has 2 aromatic rings. The molecule has 0 aliphatic rings. The zero-order valence-electron chi connectivity index (χ0n) is 11.9. The van der Waals surface area contributed by atoms with E-state index in [1.54, 1.807) is 12.2 Å². The largest absolute Gasteiger partial charge is 0.383 e. The van der Waals surface area contributed by atoms with Gasteiger partial charge in [-0.2, -0.15) is 0 Å². The SMILES string of the molecule is C=C/C=C(/[C@@H](O)c1ccccc1)S(=O)c1ccc(C)cc1. The molecule has 0 spiro atoms. The molecule has 1 N–H and O–H groups in total. The third kappa shape index (κ3) is 3.78. The van der Waals surface area contributed by atoms with E-state index in [9.17, 15) is 9.32 Å². The molecule has 0 aliphatic carbocycles. The third-order valence-corrected chi connectivity index (χ3v) is 4.60. The van der Waals surface area contributed by atoms with Crippen LogP contribution in [0.3, 0.4) is 0 Å². The van der Waals surface area contributed by atoms with Crippen molar-refractivity contribution >= 4 is 10.8 Å². The molecule has 108 valence electrons. The van der Waals surface area contributed by atoms with Crippen LogP contribution in [0.5, 0.6) is 0 Å². The van der Waals surface area contributed by atoms with Crippen molar-refractivity contribution in [3.8, 4) is 0 Å². The lowest BCUT2D eigenvalue weighted by atomic mass is 10.1. The second kappa shape index (κ2) is 7.16. The first-order valence-electron chi connectivity index (χ1n) is 6.67. The highest BCUT2D eigenvalue weighted by Gasteiger charge is 2.19. The first kappa shape index (κ1) is 15.4. The molecule has 0 fully saturated rings. The lowest BCUT2D eigenvalue weighted by Gasteiger charge is -2.15. The van der Waals surface area contributed by atoms with Gasteiger partial charge in [-0.25, -0.2) is 4.21 Å². The van der Waals surface area contributed by atoms with Crippen molar-refractivity contribution in [2.45, 2.75) is 17.9 Å². The molecule has 0 radical (unpaired) electrons. The molecule has 21 heavy (non-hydrogen) atoms. The summed E-state index contributed by atoms with van der Waals surface area (Å²) in [6.07, 6.45) is 2.26. The summed E-state index contributed by atoms with van der Waals surface area (Å²) >= 11 is 0. The number of rotatable bonds is 5. The number of hydrogen-bond acceptors (Lipinski definition) is 2. The Bertz CT molecular complexity index is 657. The van der Waals surface area contributed by atoms with Crippen LogP contribution in [0.1, 0.15) is 17.2 Å². The zero-order valence-corrected chi connectivity index (χ0v) is 12.7. The highest BCUT2D eigenvalue weighted by molar-refractivity contribution is 7.89. The van der Waals surface area contributed by atoms with Crippen molar-refractivity contribution in [1.82, 2.24) is 0 Å². The highest BCUT2D eigenvalue weighted by atomic mass is 32.2. The number of hydrogen-bond donors (Lipinski definition) is 1. The van der Waals surface area contributed by atoms with E-state index in [2.05, 4.69) is 6.58 Å². The molecule has 0 bridgehead atoms. The Morgan fingerprint density at radius 2 is 1.76 bits per heavy atom. The molecule has 0 aliphatic heterocycles. The normalized spacial score (nSPS) is 14.5. The number of benzene rings is 2. The Hall–Kier alpha value is -1.97. The molecule has 3 heteroatoms. The molecule has 0 heterocycles. The topological polar surface area (TPSA) is 37.3 Å². The van der Waals surface area contributed by atoms with E-state index >= 15 is 0 Å². The van der Waals surface area contributed by atoms with E-state index in [-0.39, 0.29) is 0 Å². The van der Waals surface area contributed by atoms with Gasteiger partial charge in [0, 0.05) is 4.90 Å². The summed E-state index contributed by atoms with van der Waals surface area (Å²) in [6, 6.07) is 16.7. The summed E-state index contributed by atoms with van der Waals surface area (Å²) in [6.45, 7) is 5.62. The minimum atomic E-state index is -1.42. The van der Waals surface area contributed by atoms with Gasteiger partial charge in [-0.05, 0) is 30.7 Å². The van der Waals surface area contributed by atoms with Gasteiger partial charge >= 0.3 is 0 Å². The Kier molecular flexibility index (Phi) is 5.26. The Morgan fingerprint density at radius 1 is 1.14 bits per heavy atom. The van der Waals surface area contributed by atoms with Crippen LogP contribution in [0.2, 0.25) is 0 Å². The summed E-state index contributed by atoms with van der Waals surface area (Å²) < 4.78 is 12.7. The lowest BCUT2D eigenvalue weighted by Crippen LogP contribution is -2.07. The summed E-state index contributed by atoms with van der Waals surface area (Å²) in [7, 11) is -1.42. The molecule has 2 nitrogen and oxygen atoms in total. The minimum absolute atomic E-state index is 0.431. The quantitative estimate of drug-likeness (QED) is 0.850. The molecule has 0 saturated carbocycles. The summed E-state index contributed by atoms with van der Waals surface area (Å²) in [5, 5.41) is 10.5. The minimum Gasteiger partial charge on any atom is -0.383 e. The van der Waals surface area contributed by atoms with Gasteiger partial charge in [0.05, 0.1) is 15.7 Å². The Morgan fingerprint density at radius 3 is 2.33 bits per heavy atom. The molecule has 2 rings (SSSR count). The van der Waals surface area contributed by atoms with Gasteiger partial charge < -0.3 is 5.11 Å². The van der Waals surface area contributed by atoms with Crippen molar-refractivity contribution in [2.24, 2.45) is 0 Å². The van der Waals surface area contributed by atoms with Gasteiger partial charge in [0.2, 0.25) is 0 Å². The molecule has 2 aromatic carbocycles. The molecule has 0 aromatic heterocycles. The number of aryl methyl sites for hydroxylation is 1. The molecule has 0 saturated heterocycles. The molecule has 0 amide bonds. The van der Waals surface area contributed by atoms with Crippen LogP contribution in [-0.4, -0.2) is 9.32 Å². The maximum Gasteiger partial charge on any atom is 0.113 e. The van der Waals surface area contributed by atoms with E-state index in [4.69, 9.17) is 0 Å². The van der Waals surface area contributed by atoms with Crippen molar-refractivity contribution < 1.29 is 9.32 Å². The highest BCUT2D eigenvalue weighted by Crippen LogP contribution is 2.28. The fourth-order valence-corrected chi connectivity index (χ4v) is 3.18. The standard InChI is InChI=1S/C18H18O2S/c1-3-7-17(18(19)15-8-5-4-6-9-15)21(20)16-12-10-14(2)11-13-16/h3-13,18-19H,1H2,2H3/b17-7-/t18-,21?/m0/s1. The van der Waals surface area contributed by atoms with Crippen LogP contribution in [0.25, 0.3) is 0 Å².